The number of carbonyl (C=O) groups is 2. The van der Waals surface area contributed by atoms with E-state index in [9.17, 15) is 9.59 Å². The molecule has 0 fully saturated rings. The lowest BCUT2D eigenvalue weighted by atomic mass is 10.4. The van der Waals surface area contributed by atoms with E-state index in [4.69, 9.17) is 0 Å². The van der Waals surface area contributed by atoms with E-state index in [0.717, 1.165) is 6.42 Å². The molecule has 0 saturated carbocycles. The van der Waals surface area contributed by atoms with Gasteiger partial charge in [-0.05, 0) is 19.4 Å². The van der Waals surface area contributed by atoms with E-state index in [2.05, 4.69) is 9.47 Å². The van der Waals surface area contributed by atoms with Crippen molar-refractivity contribution in [1.82, 2.24) is 0 Å². The smallest absolute Gasteiger partial charge is 0.321 e. The second-order valence-corrected chi connectivity index (χ2v) is 2.25. The van der Waals surface area contributed by atoms with Crippen molar-refractivity contribution >= 4 is 11.9 Å². The molecule has 74 valence electrons. The molecule has 13 heavy (non-hydrogen) atoms. The number of rotatable bonds is 5. The van der Waals surface area contributed by atoms with Crippen LogP contribution in [0.2, 0.25) is 0 Å². The van der Waals surface area contributed by atoms with Gasteiger partial charge in [-0.1, -0.05) is 6.92 Å². The lowest BCUT2D eigenvalue weighted by Gasteiger charge is -1.99. The fraction of sp³-hybridized carbons (Fsp3) is 0.556. The summed E-state index contributed by atoms with van der Waals surface area (Å²) in [5.74, 6) is -1.15. The number of ether oxygens (including phenoxy) is 2. The average molecular weight is 186 g/mol. The molecule has 0 amide bonds. The first-order chi connectivity index (χ1) is 6.20. The monoisotopic (exact) mass is 186 g/mol. The molecule has 0 unspecified atom stereocenters. The molecular formula is C9H14O4. The van der Waals surface area contributed by atoms with Crippen LogP contribution >= 0.6 is 0 Å². The maximum atomic E-state index is 10.8. The zero-order valence-corrected chi connectivity index (χ0v) is 7.91. The van der Waals surface area contributed by atoms with Gasteiger partial charge in [0.1, 0.15) is 6.42 Å². The molecule has 0 aromatic heterocycles. The number of allylic oxidation sites excluding steroid dienone is 1. The van der Waals surface area contributed by atoms with E-state index in [1.54, 1.807) is 13.0 Å². The maximum absolute atomic E-state index is 10.8. The first-order valence-electron chi connectivity index (χ1n) is 4.20. The van der Waals surface area contributed by atoms with Crippen molar-refractivity contribution in [1.29, 1.82) is 0 Å². The van der Waals surface area contributed by atoms with Crippen LogP contribution in [0.5, 0.6) is 0 Å². The Morgan fingerprint density at radius 1 is 1.23 bits per heavy atom. The Kier molecular flexibility index (Phi) is 6.59. The Morgan fingerprint density at radius 3 is 2.46 bits per heavy atom. The lowest BCUT2D eigenvalue weighted by molar-refractivity contribution is -0.151. The molecule has 0 heterocycles. The van der Waals surface area contributed by atoms with Gasteiger partial charge in [0.25, 0.3) is 0 Å². The highest BCUT2D eigenvalue weighted by Crippen LogP contribution is 1.92. The molecule has 0 aliphatic carbocycles. The molecule has 0 atom stereocenters. The fourth-order valence-electron chi connectivity index (χ4n) is 0.592. The summed E-state index contributed by atoms with van der Waals surface area (Å²) in [7, 11) is 0. The highest BCUT2D eigenvalue weighted by atomic mass is 16.5. The summed E-state index contributed by atoms with van der Waals surface area (Å²) in [6.07, 6.45) is 3.42. The molecule has 0 aliphatic rings. The van der Waals surface area contributed by atoms with Gasteiger partial charge in [-0.3, -0.25) is 9.59 Å². The molecule has 0 radical (unpaired) electrons. The summed E-state index contributed by atoms with van der Waals surface area (Å²) < 4.78 is 9.13. The zero-order valence-electron chi connectivity index (χ0n) is 7.91. The molecular weight excluding hydrogens is 172 g/mol. The van der Waals surface area contributed by atoms with Gasteiger partial charge in [-0.2, -0.15) is 0 Å². The van der Waals surface area contributed by atoms with Gasteiger partial charge >= 0.3 is 11.9 Å². The second kappa shape index (κ2) is 7.34. The summed E-state index contributed by atoms with van der Waals surface area (Å²) >= 11 is 0. The van der Waals surface area contributed by atoms with Crippen LogP contribution < -0.4 is 0 Å². The SMILES string of the molecule is CCC=COC(=O)CC(=O)OCC. The van der Waals surface area contributed by atoms with Crippen LogP contribution in [-0.2, 0) is 19.1 Å². The molecule has 0 saturated heterocycles. The van der Waals surface area contributed by atoms with Crippen LogP contribution in [0.25, 0.3) is 0 Å². The summed E-state index contributed by atoms with van der Waals surface area (Å²) in [4.78, 5) is 21.6. The number of hydrogen-bond donors (Lipinski definition) is 0. The lowest BCUT2D eigenvalue weighted by Crippen LogP contribution is -2.11. The topological polar surface area (TPSA) is 52.6 Å². The highest BCUT2D eigenvalue weighted by Gasteiger charge is 2.09. The standard InChI is InChI=1S/C9H14O4/c1-3-5-6-13-9(11)7-8(10)12-4-2/h5-6H,3-4,7H2,1-2H3. The van der Waals surface area contributed by atoms with Crippen LogP contribution in [0.3, 0.4) is 0 Å². The fourth-order valence-corrected chi connectivity index (χ4v) is 0.592. The third-order valence-electron chi connectivity index (χ3n) is 1.13. The molecule has 0 N–H and O–H groups in total. The Bertz CT molecular complexity index is 196. The van der Waals surface area contributed by atoms with Crippen LogP contribution in [0.4, 0.5) is 0 Å². The first kappa shape index (κ1) is 11.7. The number of esters is 2. The second-order valence-electron chi connectivity index (χ2n) is 2.25. The molecule has 0 bridgehead atoms. The molecule has 4 heteroatoms. The highest BCUT2D eigenvalue weighted by molar-refractivity contribution is 5.91. The zero-order chi connectivity index (χ0) is 10.1. The molecule has 0 rings (SSSR count). The van der Waals surface area contributed by atoms with Gasteiger partial charge in [0.2, 0.25) is 0 Å². The first-order valence-corrected chi connectivity index (χ1v) is 4.20. The van der Waals surface area contributed by atoms with E-state index >= 15 is 0 Å². The van der Waals surface area contributed by atoms with Crippen molar-refractivity contribution in [2.24, 2.45) is 0 Å². The summed E-state index contributed by atoms with van der Waals surface area (Å²) in [5.41, 5.74) is 0. The summed E-state index contributed by atoms with van der Waals surface area (Å²) in [6, 6.07) is 0. The van der Waals surface area contributed by atoms with Crippen molar-refractivity contribution < 1.29 is 19.1 Å². The summed E-state index contributed by atoms with van der Waals surface area (Å²) in [6.45, 7) is 3.87. The largest absolute Gasteiger partial charge is 0.466 e. The van der Waals surface area contributed by atoms with Gasteiger partial charge < -0.3 is 9.47 Å². The van der Waals surface area contributed by atoms with Gasteiger partial charge in [0.15, 0.2) is 0 Å². The van der Waals surface area contributed by atoms with Crippen molar-refractivity contribution in [3.63, 3.8) is 0 Å². The number of hydrogen-bond acceptors (Lipinski definition) is 4. The Hall–Kier alpha value is -1.32. The predicted molar refractivity (Wildman–Crippen MR) is 46.8 cm³/mol. The Labute approximate surface area is 77.5 Å². The Balaban J connectivity index is 3.62. The molecule has 0 spiro atoms. The van der Waals surface area contributed by atoms with E-state index in [1.807, 2.05) is 6.92 Å². The Morgan fingerprint density at radius 2 is 1.92 bits per heavy atom. The summed E-state index contributed by atoms with van der Waals surface area (Å²) in [5, 5.41) is 0. The van der Waals surface area contributed by atoms with Crippen molar-refractivity contribution in [3.8, 4) is 0 Å². The average Bonchev–Trinajstić information content (AvgIpc) is 2.05. The minimum Gasteiger partial charge on any atom is -0.466 e. The third-order valence-corrected chi connectivity index (χ3v) is 1.13. The number of carbonyl (C=O) groups excluding carboxylic acids is 2. The van der Waals surface area contributed by atoms with Gasteiger partial charge in [0, 0.05) is 0 Å². The van der Waals surface area contributed by atoms with Gasteiger partial charge in [-0.15, -0.1) is 0 Å². The molecule has 4 nitrogen and oxygen atoms in total. The predicted octanol–water partition coefficient (Wildman–Crippen LogP) is 1.41. The van der Waals surface area contributed by atoms with Crippen molar-refractivity contribution in [2.75, 3.05) is 6.61 Å². The van der Waals surface area contributed by atoms with Gasteiger partial charge in [-0.25, -0.2) is 0 Å². The normalized spacial score (nSPS) is 10.0. The van der Waals surface area contributed by atoms with E-state index in [-0.39, 0.29) is 13.0 Å². The van der Waals surface area contributed by atoms with Crippen molar-refractivity contribution in [2.45, 2.75) is 26.7 Å². The van der Waals surface area contributed by atoms with Crippen molar-refractivity contribution in [3.05, 3.63) is 12.3 Å². The molecule has 0 aromatic carbocycles. The van der Waals surface area contributed by atoms with E-state index < -0.39 is 11.9 Å². The third kappa shape index (κ3) is 7.05. The maximum Gasteiger partial charge on any atom is 0.321 e. The molecule has 0 aliphatic heterocycles. The van der Waals surface area contributed by atoms with E-state index in [1.165, 1.54) is 6.26 Å². The van der Waals surface area contributed by atoms with Gasteiger partial charge in [0.05, 0.1) is 12.9 Å². The minimum atomic E-state index is -0.594. The van der Waals surface area contributed by atoms with Crippen LogP contribution in [0.1, 0.15) is 26.7 Å². The quantitative estimate of drug-likeness (QED) is 0.370. The minimum absolute atomic E-state index is 0.275. The van der Waals surface area contributed by atoms with Crippen LogP contribution in [0.15, 0.2) is 12.3 Å². The van der Waals surface area contributed by atoms with Crippen LogP contribution in [0, 0.1) is 0 Å². The molecule has 0 aromatic rings. The van der Waals surface area contributed by atoms with Crippen LogP contribution in [-0.4, -0.2) is 18.5 Å². The van der Waals surface area contributed by atoms with E-state index in [0.29, 0.717) is 0 Å².